The first-order chi connectivity index (χ1) is 8.09. The van der Waals surface area contributed by atoms with Gasteiger partial charge in [0.15, 0.2) is 0 Å². The van der Waals surface area contributed by atoms with E-state index < -0.39 is 12.0 Å². The van der Waals surface area contributed by atoms with Gasteiger partial charge >= 0.3 is 0 Å². The molecule has 4 N–H and O–H groups in total. The molecule has 1 saturated carbocycles. The van der Waals surface area contributed by atoms with Gasteiger partial charge in [-0.1, -0.05) is 0 Å². The summed E-state index contributed by atoms with van der Waals surface area (Å²) in [6, 6.07) is 3.93. The minimum Gasteiger partial charge on any atom is -0.381 e. The van der Waals surface area contributed by atoms with Crippen LogP contribution in [0.4, 0.5) is 0 Å². The number of nitrogens with one attached hydrogen (secondary N) is 1. The van der Waals surface area contributed by atoms with Crippen molar-refractivity contribution in [3.05, 3.63) is 24.0 Å². The van der Waals surface area contributed by atoms with Crippen molar-refractivity contribution in [2.75, 3.05) is 6.54 Å². The molecular formula is C11H15N3O3. The van der Waals surface area contributed by atoms with Crippen LogP contribution >= 0.6 is 0 Å². The molecule has 0 aliphatic heterocycles. The summed E-state index contributed by atoms with van der Waals surface area (Å²) in [7, 11) is 0. The van der Waals surface area contributed by atoms with Gasteiger partial charge in [-0.2, -0.15) is 0 Å². The van der Waals surface area contributed by atoms with Crippen molar-refractivity contribution < 1.29 is 14.7 Å². The number of carbonyl (C=O) groups excluding carboxylic acids is 2. The van der Waals surface area contributed by atoms with E-state index in [1.807, 2.05) is 10.8 Å². The maximum absolute atomic E-state index is 11.8. The van der Waals surface area contributed by atoms with Gasteiger partial charge < -0.3 is 20.7 Å². The fourth-order valence-corrected chi connectivity index (χ4v) is 1.64. The van der Waals surface area contributed by atoms with Gasteiger partial charge in [-0.25, -0.2) is 0 Å². The molecule has 92 valence electrons. The lowest BCUT2D eigenvalue weighted by Crippen LogP contribution is -2.40. The Labute approximate surface area is 98.4 Å². The Morgan fingerprint density at radius 3 is 2.88 bits per heavy atom. The molecule has 6 nitrogen and oxygen atoms in total. The predicted octanol–water partition coefficient (Wildman–Crippen LogP) is -0.601. The number of nitrogens with two attached hydrogens (primary N) is 1. The zero-order valence-electron chi connectivity index (χ0n) is 9.30. The van der Waals surface area contributed by atoms with Crippen LogP contribution in [-0.2, 0) is 4.79 Å². The van der Waals surface area contributed by atoms with Gasteiger partial charge in [0.2, 0.25) is 5.91 Å². The van der Waals surface area contributed by atoms with Gasteiger partial charge in [0.1, 0.15) is 11.8 Å². The van der Waals surface area contributed by atoms with E-state index in [9.17, 15) is 9.59 Å². The number of hydrogen-bond acceptors (Lipinski definition) is 3. The quantitative estimate of drug-likeness (QED) is 0.637. The first-order valence-corrected chi connectivity index (χ1v) is 5.52. The van der Waals surface area contributed by atoms with E-state index in [1.54, 1.807) is 12.1 Å². The third-order valence-corrected chi connectivity index (χ3v) is 2.74. The van der Waals surface area contributed by atoms with Crippen molar-refractivity contribution in [3.8, 4) is 0 Å². The van der Waals surface area contributed by atoms with E-state index in [4.69, 9.17) is 10.8 Å². The summed E-state index contributed by atoms with van der Waals surface area (Å²) in [5.74, 6) is -1.15. The molecule has 2 amide bonds. The molecule has 0 radical (unpaired) electrons. The molecule has 1 aromatic rings. The van der Waals surface area contributed by atoms with E-state index in [1.165, 1.54) is 0 Å². The van der Waals surface area contributed by atoms with E-state index in [2.05, 4.69) is 5.32 Å². The summed E-state index contributed by atoms with van der Waals surface area (Å²) in [4.78, 5) is 22.4. The molecule has 17 heavy (non-hydrogen) atoms. The maximum Gasteiger partial charge on any atom is 0.268 e. The Balaban J connectivity index is 1.95. The molecular weight excluding hydrogens is 222 g/mol. The fourth-order valence-electron chi connectivity index (χ4n) is 1.64. The number of aromatic nitrogens is 1. The smallest absolute Gasteiger partial charge is 0.268 e. The van der Waals surface area contributed by atoms with Crippen LogP contribution in [0.2, 0.25) is 0 Å². The van der Waals surface area contributed by atoms with Crippen LogP contribution in [0.3, 0.4) is 0 Å². The third-order valence-electron chi connectivity index (χ3n) is 2.74. The van der Waals surface area contributed by atoms with Gasteiger partial charge in [0, 0.05) is 12.2 Å². The molecule has 0 saturated heterocycles. The normalized spacial score (nSPS) is 16.5. The number of carbonyl (C=O) groups is 2. The first-order valence-electron chi connectivity index (χ1n) is 5.52. The molecule has 0 spiro atoms. The van der Waals surface area contributed by atoms with Gasteiger partial charge in [-0.15, -0.1) is 0 Å². The van der Waals surface area contributed by atoms with Crippen molar-refractivity contribution in [3.63, 3.8) is 0 Å². The van der Waals surface area contributed by atoms with Crippen molar-refractivity contribution >= 4 is 11.8 Å². The number of aliphatic hydroxyl groups is 1. The number of amides is 2. The average molecular weight is 237 g/mol. The van der Waals surface area contributed by atoms with Crippen LogP contribution in [-0.4, -0.2) is 34.1 Å². The zero-order valence-corrected chi connectivity index (χ0v) is 9.30. The largest absolute Gasteiger partial charge is 0.381 e. The molecule has 2 rings (SSSR count). The van der Waals surface area contributed by atoms with Crippen molar-refractivity contribution in [1.82, 2.24) is 9.88 Å². The van der Waals surface area contributed by atoms with Gasteiger partial charge in [-0.05, 0) is 25.0 Å². The fraction of sp³-hybridized carbons (Fsp3) is 0.455. The van der Waals surface area contributed by atoms with Crippen molar-refractivity contribution in [2.45, 2.75) is 25.0 Å². The second kappa shape index (κ2) is 4.58. The van der Waals surface area contributed by atoms with Crippen molar-refractivity contribution in [2.24, 2.45) is 5.73 Å². The van der Waals surface area contributed by atoms with Crippen molar-refractivity contribution in [1.29, 1.82) is 0 Å². The lowest BCUT2D eigenvalue weighted by Gasteiger charge is -2.10. The highest BCUT2D eigenvalue weighted by atomic mass is 16.3. The summed E-state index contributed by atoms with van der Waals surface area (Å²) < 4.78 is 1.91. The minimum absolute atomic E-state index is 0.163. The number of aliphatic hydroxyl groups excluding tert-OH is 1. The molecule has 0 aromatic carbocycles. The second-order valence-electron chi connectivity index (χ2n) is 4.16. The Hall–Kier alpha value is -1.82. The van der Waals surface area contributed by atoms with Gasteiger partial charge in [0.05, 0.1) is 6.54 Å². The predicted molar refractivity (Wildman–Crippen MR) is 60.2 cm³/mol. The zero-order chi connectivity index (χ0) is 12.4. The summed E-state index contributed by atoms with van der Waals surface area (Å²) >= 11 is 0. The number of primary amides is 1. The second-order valence-corrected chi connectivity index (χ2v) is 4.16. The summed E-state index contributed by atoms with van der Waals surface area (Å²) in [5.41, 5.74) is 5.43. The van der Waals surface area contributed by atoms with E-state index in [0.717, 1.165) is 12.8 Å². The average Bonchev–Trinajstić information content (AvgIpc) is 3.03. The molecule has 1 atom stereocenters. The van der Waals surface area contributed by atoms with Crippen LogP contribution in [0.25, 0.3) is 0 Å². The molecule has 1 aromatic heterocycles. The molecule has 1 fully saturated rings. The highest BCUT2D eigenvalue weighted by Gasteiger charge is 2.26. The van der Waals surface area contributed by atoms with E-state index >= 15 is 0 Å². The standard InChI is InChI=1S/C11H15N3O3/c12-10(16)9(15)6-13-11(17)8-2-1-5-14(8)7-3-4-7/h1-2,5,7,9,15H,3-4,6H2,(H2,12,16)(H,13,17). The van der Waals surface area contributed by atoms with Crippen LogP contribution in [0.1, 0.15) is 29.4 Å². The Morgan fingerprint density at radius 2 is 2.29 bits per heavy atom. The summed E-state index contributed by atoms with van der Waals surface area (Å²) in [6.45, 7) is -0.163. The lowest BCUT2D eigenvalue weighted by molar-refractivity contribution is -0.125. The summed E-state index contributed by atoms with van der Waals surface area (Å²) in [5, 5.41) is 11.6. The Morgan fingerprint density at radius 1 is 1.59 bits per heavy atom. The molecule has 0 bridgehead atoms. The monoisotopic (exact) mass is 237 g/mol. The van der Waals surface area contributed by atoms with E-state index in [-0.39, 0.29) is 12.5 Å². The SMILES string of the molecule is NC(=O)C(O)CNC(=O)c1cccn1C1CC1. The molecule has 1 heterocycles. The van der Waals surface area contributed by atoms with Crippen LogP contribution in [0.5, 0.6) is 0 Å². The van der Waals surface area contributed by atoms with Crippen LogP contribution < -0.4 is 11.1 Å². The topological polar surface area (TPSA) is 97.4 Å². The van der Waals surface area contributed by atoms with Crippen LogP contribution in [0.15, 0.2) is 18.3 Å². The Kier molecular flexibility index (Phi) is 3.14. The highest BCUT2D eigenvalue weighted by molar-refractivity contribution is 5.93. The van der Waals surface area contributed by atoms with Crippen LogP contribution in [0, 0.1) is 0 Å². The molecule has 1 unspecified atom stereocenters. The number of rotatable bonds is 5. The maximum atomic E-state index is 11.8. The van der Waals surface area contributed by atoms with E-state index in [0.29, 0.717) is 11.7 Å². The lowest BCUT2D eigenvalue weighted by atomic mass is 10.3. The Bertz CT molecular complexity index is 437. The molecule has 1 aliphatic carbocycles. The summed E-state index contributed by atoms with van der Waals surface area (Å²) in [6.07, 6.45) is 2.68. The van der Waals surface area contributed by atoms with Gasteiger partial charge in [-0.3, -0.25) is 9.59 Å². The molecule has 1 aliphatic rings. The third kappa shape index (κ3) is 2.65. The first kappa shape index (κ1) is 11.7. The molecule has 6 heteroatoms. The number of hydrogen-bond donors (Lipinski definition) is 3. The number of nitrogens with zero attached hydrogens (tertiary/aromatic N) is 1. The minimum atomic E-state index is -1.34. The highest BCUT2D eigenvalue weighted by Crippen LogP contribution is 2.35. The van der Waals surface area contributed by atoms with Gasteiger partial charge in [0.25, 0.3) is 5.91 Å².